The minimum atomic E-state index is -3.57. The molecule has 2 heterocycles. The summed E-state index contributed by atoms with van der Waals surface area (Å²) in [5.41, 5.74) is 1.54. The van der Waals surface area contributed by atoms with Crippen molar-refractivity contribution < 1.29 is 13.2 Å². The maximum Gasteiger partial charge on any atom is 0.243 e. The first kappa shape index (κ1) is 18.9. The topological polar surface area (TPSA) is 70.6 Å². The Bertz CT molecular complexity index is 897. The van der Waals surface area contributed by atoms with Crippen LogP contribution in [0, 0.1) is 0 Å². The lowest BCUT2D eigenvalue weighted by atomic mass is 10.2. The van der Waals surface area contributed by atoms with Crippen LogP contribution < -0.4 is 4.90 Å². The summed E-state index contributed by atoms with van der Waals surface area (Å²) in [6.07, 6.45) is 3.39. The predicted molar refractivity (Wildman–Crippen MR) is 103 cm³/mol. The van der Waals surface area contributed by atoms with Crippen LogP contribution in [0.5, 0.6) is 0 Å². The highest BCUT2D eigenvalue weighted by Gasteiger charge is 2.28. The van der Waals surface area contributed by atoms with Crippen LogP contribution in [0.15, 0.2) is 52.5 Å². The second kappa shape index (κ2) is 7.77. The molecule has 0 spiro atoms. The van der Waals surface area contributed by atoms with Crippen molar-refractivity contribution in [1.82, 2.24) is 9.29 Å². The molecule has 1 aliphatic heterocycles. The van der Waals surface area contributed by atoms with E-state index in [1.165, 1.54) is 16.1 Å². The Hall–Kier alpha value is -1.90. The van der Waals surface area contributed by atoms with Gasteiger partial charge < -0.3 is 4.90 Å². The SMILES string of the molecule is CCN(CC)S(=O)(=O)c1ccc2c(c1)N(Cc1cccnc1)C(=O)CS2. The van der Waals surface area contributed by atoms with Gasteiger partial charge in [-0.25, -0.2) is 8.42 Å². The molecule has 0 bridgehead atoms. The number of anilines is 1. The minimum absolute atomic E-state index is 0.0382. The van der Waals surface area contributed by atoms with E-state index in [9.17, 15) is 13.2 Å². The van der Waals surface area contributed by atoms with E-state index in [4.69, 9.17) is 0 Å². The molecule has 1 aromatic carbocycles. The van der Waals surface area contributed by atoms with Crippen LogP contribution in [-0.2, 0) is 21.4 Å². The first-order valence-corrected chi connectivity index (χ1v) is 10.9. The van der Waals surface area contributed by atoms with Crippen molar-refractivity contribution in [2.75, 3.05) is 23.7 Å². The Morgan fingerprint density at radius 3 is 2.65 bits per heavy atom. The number of rotatable bonds is 6. The fourth-order valence-electron chi connectivity index (χ4n) is 2.90. The molecule has 0 saturated heterocycles. The molecule has 0 unspecified atom stereocenters. The summed E-state index contributed by atoms with van der Waals surface area (Å²) in [7, 11) is -3.57. The van der Waals surface area contributed by atoms with Gasteiger partial charge in [-0.1, -0.05) is 19.9 Å². The summed E-state index contributed by atoms with van der Waals surface area (Å²) in [4.78, 5) is 19.3. The van der Waals surface area contributed by atoms with Gasteiger partial charge in [0.2, 0.25) is 15.9 Å². The quantitative estimate of drug-likeness (QED) is 0.757. The molecule has 0 atom stereocenters. The zero-order valence-electron chi connectivity index (χ0n) is 14.8. The number of pyridine rings is 1. The molecular formula is C18H21N3O3S2. The minimum Gasteiger partial charge on any atom is -0.306 e. The van der Waals surface area contributed by atoms with E-state index in [1.54, 1.807) is 35.5 Å². The van der Waals surface area contributed by atoms with Crippen molar-refractivity contribution in [3.63, 3.8) is 0 Å². The smallest absolute Gasteiger partial charge is 0.243 e. The number of carbonyl (C=O) groups excluding carboxylic acids is 1. The van der Waals surface area contributed by atoms with Gasteiger partial charge in [0.05, 0.1) is 22.9 Å². The van der Waals surface area contributed by atoms with Gasteiger partial charge in [-0.3, -0.25) is 9.78 Å². The monoisotopic (exact) mass is 391 g/mol. The van der Waals surface area contributed by atoms with Crippen molar-refractivity contribution in [3.8, 4) is 0 Å². The molecule has 138 valence electrons. The number of fused-ring (bicyclic) bond motifs is 1. The van der Waals surface area contributed by atoms with E-state index in [1.807, 2.05) is 26.0 Å². The van der Waals surface area contributed by atoms with Crippen LogP contribution in [-0.4, -0.2) is 42.5 Å². The van der Waals surface area contributed by atoms with Crippen LogP contribution in [0.3, 0.4) is 0 Å². The maximum absolute atomic E-state index is 12.8. The molecule has 1 amide bonds. The van der Waals surface area contributed by atoms with E-state index in [0.29, 0.717) is 31.1 Å². The number of amides is 1. The number of hydrogen-bond donors (Lipinski definition) is 0. The Morgan fingerprint density at radius 2 is 2.00 bits per heavy atom. The van der Waals surface area contributed by atoms with Gasteiger partial charge in [-0.05, 0) is 29.8 Å². The highest BCUT2D eigenvalue weighted by Crippen LogP contribution is 2.38. The van der Waals surface area contributed by atoms with Gasteiger partial charge in [0.15, 0.2) is 0 Å². The van der Waals surface area contributed by atoms with Gasteiger partial charge in [-0.2, -0.15) is 4.31 Å². The van der Waals surface area contributed by atoms with Crippen LogP contribution in [0.1, 0.15) is 19.4 Å². The van der Waals surface area contributed by atoms with Gasteiger partial charge >= 0.3 is 0 Å². The first-order chi connectivity index (χ1) is 12.5. The van der Waals surface area contributed by atoms with Crippen molar-refractivity contribution in [2.24, 2.45) is 0 Å². The summed E-state index contributed by atoms with van der Waals surface area (Å²) in [5, 5.41) is 0. The first-order valence-electron chi connectivity index (χ1n) is 8.43. The summed E-state index contributed by atoms with van der Waals surface area (Å²) < 4.78 is 27.1. The molecule has 0 saturated carbocycles. The lowest BCUT2D eigenvalue weighted by Gasteiger charge is -2.30. The number of thioether (sulfide) groups is 1. The molecule has 1 aromatic heterocycles. The highest BCUT2D eigenvalue weighted by molar-refractivity contribution is 8.00. The Labute approximate surface area is 158 Å². The molecule has 2 aromatic rings. The van der Waals surface area contributed by atoms with Crippen LogP contribution in [0.4, 0.5) is 5.69 Å². The molecule has 1 aliphatic rings. The van der Waals surface area contributed by atoms with Crippen molar-refractivity contribution in [2.45, 2.75) is 30.2 Å². The third-order valence-corrected chi connectivity index (χ3v) is 7.37. The summed E-state index contributed by atoms with van der Waals surface area (Å²) in [5.74, 6) is 0.304. The molecule has 0 aliphatic carbocycles. The van der Waals surface area contributed by atoms with Crippen molar-refractivity contribution in [1.29, 1.82) is 0 Å². The fourth-order valence-corrected chi connectivity index (χ4v) is 5.30. The molecule has 26 heavy (non-hydrogen) atoms. The number of benzene rings is 1. The summed E-state index contributed by atoms with van der Waals surface area (Å²) >= 11 is 1.44. The normalized spacial score (nSPS) is 14.6. The Balaban J connectivity index is 2.02. The molecular weight excluding hydrogens is 370 g/mol. The second-order valence-electron chi connectivity index (χ2n) is 5.85. The summed E-state index contributed by atoms with van der Waals surface area (Å²) in [6, 6.07) is 8.75. The van der Waals surface area contributed by atoms with Gasteiger partial charge in [0, 0.05) is 30.4 Å². The Kier molecular flexibility index (Phi) is 5.64. The number of sulfonamides is 1. The van der Waals surface area contributed by atoms with Crippen LogP contribution >= 0.6 is 11.8 Å². The number of nitrogens with zero attached hydrogens (tertiary/aromatic N) is 3. The van der Waals surface area contributed by atoms with E-state index < -0.39 is 10.0 Å². The maximum atomic E-state index is 12.8. The van der Waals surface area contributed by atoms with Crippen LogP contribution in [0.2, 0.25) is 0 Å². The van der Waals surface area contributed by atoms with Crippen molar-refractivity contribution in [3.05, 3.63) is 48.3 Å². The average Bonchev–Trinajstić information content (AvgIpc) is 2.65. The van der Waals surface area contributed by atoms with Gasteiger partial charge in [0.1, 0.15) is 0 Å². The molecule has 0 N–H and O–H groups in total. The lowest BCUT2D eigenvalue weighted by molar-refractivity contribution is -0.116. The van der Waals surface area contributed by atoms with Crippen LogP contribution in [0.25, 0.3) is 0 Å². The standard InChI is InChI=1S/C18H21N3O3S2/c1-3-20(4-2)26(23,24)15-7-8-17-16(10-15)21(18(22)13-25-17)12-14-6-5-9-19-11-14/h5-11H,3-4,12-13H2,1-2H3. The fraction of sp³-hybridized carbons (Fsp3) is 0.333. The zero-order valence-corrected chi connectivity index (χ0v) is 16.4. The molecule has 8 heteroatoms. The van der Waals surface area contributed by atoms with E-state index in [0.717, 1.165) is 10.5 Å². The second-order valence-corrected chi connectivity index (χ2v) is 8.80. The number of carbonyl (C=O) groups is 1. The van der Waals surface area contributed by atoms with E-state index >= 15 is 0 Å². The number of hydrogen-bond acceptors (Lipinski definition) is 5. The van der Waals surface area contributed by atoms with E-state index in [-0.39, 0.29) is 10.8 Å². The number of aromatic nitrogens is 1. The molecule has 6 nitrogen and oxygen atoms in total. The summed E-state index contributed by atoms with van der Waals surface area (Å²) in [6.45, 7) is 4.81. The van der Waals surface area contributed by atoms with Crippen molar-refractivity contribution >= 4 is 33.4 Å². The molecule has 3 rings (SSSR count). The largest absolute Gasteiger partial charge is 0.306 e. The molecule has 0 fully saturated rings. The van der Waals surface area contributed by atoms with E-state index in [2.05, 4.69) is 4.98 Å². The Morgan fingerprint density at radius 1 is 1.23 bits per heavy atom. The molecule has 0 radical (unpaired) electrons. The van der Waals surface area contributed by atoms with Gasteiger partial charge in [-0.15, -0.1) is 11.8 Å². The lowest BCUT2D eigenvalue weighted by Crippen LogP contribution is -2.35. The average molecular weight is 392 g/mol. The highest BCUT2D eigenvalue weighted by atomic mass is 32.2. The third kappa shape index (κ3) is 3.62. The predicted octanol–water partition coefficient (Wildman–Crippen LogP) is 2.75. The third-order valence-electron chi connectivity index (χ3n) is 4.28. The zero-order chi connectivity index (χ0) is 18.7. The van der Waals surface area contributed by atoms with Gasteiger partial charge in [0.25, 0.3) is 0 Å².